The van der Waals surface area contributed by atoms with Gasteiger partial charge in [0.25, 0.3) is 6.47 Å². The van der Waals surface area contributed by atoms with Crippen LogP contribution in [0.4, 0.5) is 0 Å². The van der Waals surface area contributed by atoms with Gasteiger partial charge in [0.15, 0.2) is 0 Å². The molecule has 1 aromatic heterocycles. The van der Waals surface area contributed by atoms with E-state index in [1.54, 1.807) is 12.4 Å². The van der Waals surface area contributed by atoms with E-state index in [0.717, 1.165) is 5.75 Å². The van der Waals surface area contributed by atoms with Gasteiger partial charge in [0, 0.05) is 6.20 Å². The number of alkyl halides is 1. The van der Waals surface area contributed by atoms with Crippen molar-refractivity contribution in [1.29, 1.82) is 0 Å². The van der Waals surface area contributed by atoms with E-state index in [4.69, 9.17) is 9.53 Å². The first-order chi connectivity index (χ1) is 6.35. The number of aromatic nitrogens is 1. The molecule has 0 bridgehead atoms. The second-order valence-electron chi connectivity index (χ2n) is 1.77. The number of halogens is 1. The van der Waals surface area contributed by atoms with Crippen molar-refractivity contribution in [2.24, 2.45) is 0 Å². The van der Waals surface area contributed by atoms with Gasteiger partial charge in [-0.15, -0.1) is 0 Å². The molecule has 0 aromatic carbocycles. The highest BCUT2D eigenvalue weighted by Gasteiger charge is 1.85. The first-order valence-electron chi connectivity index (χ1n) is 3.40. The molecule has 72 valence electrons. The summed E-state index contributed by atoms with van der Waals surface area (Å²) in [5.74, 6) is 0.786. The van der Waals surface area contributed by atoms with Gasteiger partial charge in [-0.2, -0.15) is 0 Å². The third-order valence-electron chi connectivity index (χ3n) is 0.952. The fourth-order valence-electron chi connectivity index (χ4n) is 0.495. The number of pyridine rings is 1. The zero-order valence-electron chi connectivity index (χ0n) is 7.14. The molecule has 0 aliphatic rings. The van der Waals surface area contributed by atoms with E-state index in [1.165, 1.54) is 7.11 Å². The van der Waals surface area contributed by atoms with Crippen molar-refractivity contribution in [2.45, 2.75) is 0 Å². The number of rotatable bonds is 3. The minimum absolute atomic E-state index is 0.375. The summed E-state index contributed by atoms with van der Waals surface area (Å²) in [5.41, 5.74) is 0.513. The van der Waals surface area contributed by atoms with Gasteiger partial charge >= 0.3 is 0 Å². The third-order valence-corrected chi connectivity index (χ3v) is 1.18. The first-order valence-corrected chi connectivity index (χ1v) is 4.52. The van der Waals surface area contributed by atoms with Gasteiger partial charge in [-0.1, -0.05) is 0 Å². The highest BCUT2D eigenvalue weighted by atomic mass is 79.9. The molecule has 5 heteroatoms. The number of ether oxygens (including phenoxy) is 2. The Morgan fingerprint density at radius 1 is 1.69 bits per heavy atom. The molecule has 0 saturated heterocycles. The van der Waals surface area contributed by atoms with Crippen molar-refractivity contribution < 1.29 is 14.3 Å². The van der Waals surface area contributed by atoms with E-state index in [2.05, 4.69) is 25.7 Å². The van der Waals surface area contributed by atoms with Crippen LogP contribution in [0.15, 0.2) is 24.5 Å². The lowest BCUT2D eigenvalue weighted by Gasteiger charge is -1.97. The zero-order chi connectivity index (χ0) is 9.94. The van der Waals surface area contributed by atoms with E-state index in [0.29, 0.717) is 12.0 Å². The van der Waals surface area contributed by atoms with Gasteiger partial charge in [0.2, 0.25) is 0 Å². The average Bonchev–Trinajstić information content (AvgIpc) is 2.20. The monoisotopic (exact) mass is 247 g/mol. The Labute approximate surface area is 85.0 Å². The fourth-order valence-corrected chi connectivity index (χ4v) is 0.760. The predicted octanol–water partition coefficient (Wildman–Crippen LogP) is 1.60. The fraction of sp³-hybridized carbons (Fsp3) is 0.250. The van der Waals surface area contributed by atoms with Gasteiger partial charge < -0.3 is 9.47 Å². The number of hydrogen-bond donors (Lipinski definition) is 0. The minimum Gasteiger partial charge on any atom is -0.481 e. The SMILES string of the molecule is BrCOc1cccnc1.COC=O. The Morgan fingerprint density at radius 2 is 2.38 bits per heavy atom. The molecule has 0 aliphatic carbocycles. The summed E-state index contributed by atoms with van der Waals surface area (Å²) >= 11 is 3.14. The van der Waals surface area contributed by atoms with E-state index in [1.807, 2.05) is 12.1 Å². The maximum absolute atomic E-state index is 8.95. The number of hydrogen-bond acceptors (Lipinski definition) is 4. The zero-order valence-corrected chi connectivity index (χ0v) is 8.73. The van der Waals surface area contributed by atoms with Gasteiger partial charge in [-0.05, 0) is 28.1 Å². The number of carbonyl (C=O) groups excluding carboxylic acids is 1. The molecule has 0 saturated carbocycles. The quantitative estimate of drug-likeness (QED) is 0.602. The van der Waals surface area contributed by atoms with Gasteiger partial charge in [0.1, 0.15) is 11.3 Å². The summed E-state index contributed by atoms with van der Waals surface area (Å²) in [6, 6.07) is 3.69. The van der Waals surface area contributed by atoms with Crippen LogP contribution in [0.5, 0.6) is 5.75 Å². The van der Waals surface area contributed by atoms with Gasteiger partial charge in [-0.3, -0.25) is 9.78 Å². The summed E-state index contributed by atoms with van der Waals surface area (Å²) in [6.07, 6.45) is 3.38. The molecule has 1 heterocycles. The second-order valence-corrected chi connectivity index (χ2v) is 2.23. The molecular formula is C8H10BrNO3. The lowest BCUT2D eigenvalue weighted by Crippen LogP contribution is -1.87. The molecule has 0 fully saturated rings. The van der Waals surface area contributed by atoms with Crippen LogP contribution in [0.2, 0.25) is 0 Å². The van der Waals surface area contributed by atoms with Gasteiger partial charge in [-0.25, -0.2) is 0 Å². The van der Waals surface area contributed by atoms with Crippen LogP contribution in [0.25, 0.3) is 0 Å². The Kier molecular flexibility index (Phi) is 8.23. The van der Waals surface area contributed by atoms with Crippen LogP contribution in [-0.4, -0.2) is 24.1 Å². The molecule has 0 unspecified atom stereocenters. The van der Waals surface area contributed by atoms with Crippen molar-refractivity contribution >= 4 is 22.4 Å². The summed E-state index contributed by atoms with van der Waals surface area (Å²) in [7, 11) is 1.31. The summed E-state index contributed by atoms with van der Waals surface area (Å²) in [5, 5.41) is 0. The maximum atomic E-state index is 8.95. The molecule has 13 heavy (non-hydrogen) atoms. The third kappa shape index (κ3) is 7.27. The highest BCUT2D eigenvalue weighted by molar-refractivity contribution is 9.09. The van der Waals surface area contributed by atoms with Crippen LogP contribution in [0.3, 0.4) is 0 Å². The Hall–Kier alpha value is -1.10. The maximum Gasteiger partial charge on any atom is 0.292 e. The molecule has 0 atom stereocenters. The molecule has 0 amide bonds. The summed E-state index contributed by atoms with van der Waals surface area (Å²) in [6.45, 7) is 0.375. The van der Waals surface area contributed by atoms with Crippen LogP contribution >= 0.6 is 15.9 Å². The van der Waals surface area contributed by atoms with Crippen molar-refractivity contribution in [3.05, 3.63) is 24.5 Å². The molecular weight excluding hydrogens is 238 g/mol. The summed E-state index contributed by atoms with van der Waals surface area (Å²) < 4.78 is 8.92. The van der Waals surface area contributed by atoms with Crippen molar-refractivity contribution in [3.63, 3.8) is 0 Å². The highest BCUT2D eigenvalue weighted by Crippen LogP contribution is 2.06. The van der Waals surface area contributed by atoms with Crippen LogP contribution in [0, 0.1) is 0 Å². The minimum atomic E-state index is 0.375. The standard InChI is InChI=1S/C6H6BrNO.C2H4O2/c7-5-9-6-2-1-3-8-4-6;1-4-2-3/h1-4H,5H2;2H,1H3. The Morgan fingerprint density at radius 3 is 2.77 bits per heavy atom. The lowest BCUT2D eigenvalue weighted by molar-refractivity contribution is -0.126. The average molecular weight is 248 g/mol. The van der Waals surface area contributed by atoms with E-state index < -0.39 is 0 Å². The van der Waals surface area contributed by atoms with Crippen molar-refractivity contribution in [2.75, 3.05) is 12.6 Å². The Bertz CT molecular complexity index is 218. The van der Waals surface area contributed by atoms with Crippen LogP contribution < -0.4 is 4.74 Å². The molecule has 1 aromatic rings. The number of carbonyl (C=O) groups is 1. The smallest absolute Gasteiger partial charge is 0.292 e. The van der Waals surface area contributed by atoms with Crippen molar-refractivity contribution in [3.8, 4) is 5.75 Å². The Balaban J connectivity index is 0.000000310. The second kappa shape index (κ2) is 8.99. The molecule has 0 N–H and O–H groups in total. The number of nitrogens with zero attached hydrogens (tertiary/aromatic N) is 1. The first kappa shape index (κ1) is 11.9. The normalized spacial score (nSPS) is 7.85. The summed E-state index contributed by atoms with van der Waals surface area (Å²) in [4.78, 5) is 12.8. The van der Waals surface area contributed by atoms with Gasteiger partial charge in [0.05, 0.1) is 13.3 Å². The van der Waals surface area contributed by atoms with Crippen LogP contribution in [-0.2, 0) is 9.53 Å². The van der Waals surface area contributed by atoms with E-state index >= 15 is 0 Å². The molecule has 4 nitrogen and oxygen atoms in total. The molecule has 0 radical (unpaired) electrons. The molecule has 1 rings (SSSR count). The topological polar surface area (TPSA) is 48.4 Å². The van der Waals surface area contributed by atoms with Crippen molar-refractivity contribution in [1.82, 2.24) is 4.98 Å². The molecule has 0 spiro atoms. The van der Waals surface area contributed by atoms with Crippen LogP contribution in [0.1, 0.15) is 0 Å². The van der Waals surface area contributed by atoms with E-state index in [-0.39, 0.29) is 0 Å². The lowest BCUT2D eigenvalue weighted by atomic mass is 10.5. The number of methoxy groups -OCH3 is 1. The predicted molar refractivity (Wildman–Crippen MR) is 51.7 cm³/mol. The molecule has 0 aliphatic heterocycles. The van der Waals surface area contributed by atoms with E-state index in [9.17, 15) is 0 Å². The largest absolute Gasteiger partial charge is 0.481 e.